The minimum absolute atomic E-state index is 0.206. The van der Waals surface area contributed by atoms with Gasteiger partial charge < -0.3 is 10.1 Å². The molecule has 2 aromatic heterocycles. The van der Waals surface area contributed by atoms with E-state index in [-0.39, 0.29) is 12.1 Å². The van der Waals surface area contributed by atoms with Crippen molar-refractivity contribution in [2.45, 2.75) is 44.7 Å². The number of amides is 2. The van der Waals surface area contributed by atoms with Gasteiger partial charge in [0.2, 0.25) is 0 Å². The SMILES string of the molecule is O=C(Nc1ncnc2c1cnn2CCN1CCOCC1)NC1CCCCC1. The molecule has 2 N–H and O–H groups in total. The first-order chi connectivity index (χ1) is 13.3. The Morgan fingerprint density at radius 1 is 1.15 bits per heavy atom. The maximum Gasteiger partial charge on any atom is 0.320 e. The van der Waals surface area contributed by atoms with E-state index in [0.29, 0.717) is 5.82 Å². The number of rotatable bonds is 5. The van der Waals surface area contributed by atoms with Crippen LogP contribution in [0.5, 0.6) is 0 Å². The van der Waals surface area contributed by atoms with Gasteiger partial charge in [-0.25, -0.2) is 19.4 Å². The highest BCUT2D eigenvalue weighted by Gasteiger charge is 2.18. The van der Waals surface area contributed by atoms with Gasteiger partial charge in [0.15, 0.2) is 5.65 Å². The number of anilines is 1. The predicted molar refractivity (Wildman–Crippen MR) is 102 cm³/mol. The zero-order chi connectivity index (χ0) is 18.5. The normalized spacial score (nSPS) is 19.3. The zero-order valence-corrected chi connectivity index (χ0v) is 15.6. The van der Waals surface area contributed by atoms with Crippen molar-refractivity contribution >= 4 is 22.9 Å². The molecule has 1 saturated heterocycles. The third kappa shape index (κ3) is 4.54. The average Bonchev–Trinajstić information content (AvgIpc) is 3.12. The lowest BCUT2D eigenvalue weighted by molar-refractivity contribution is 0.0361. The van der Waals surface area contributed by atoms with Crippen molar-refractivity contribution in [2.24, 2.45) is 0 Å². The molecule has 0 spiro atoms. The summed E-state index contributed by atoms with van der Waals surface area (Å²) in [5, 5.41) is 11.1. The lowest BCUT2D eigenvalue weighted by Crippen LogP contribution is -2.39. The summed E-state index contributed by atoms with van der Waals surface area (Å²) in [5.41, 5.74) is 0.742. The molecule has 27 heavy (non-hydrogen) atoms. The Labute approximate surface area is 158 Å². The number of ether oxygens (including phenoxy) is 1. The molecule has 2 amide bonds. The molecule has 146 valence electrons. The lowest BCUT2D eigenvalue weighted by Gasteiger charge is -2.26. The minimum atomic E-state index is -0.206. The third-order valence-corrected chi connectivity index (χ3v) is 5.34. The molecule has 0 atom stereocenters. The standard InChI is InChI=1S/C18H27N7O2/c26-18(22-14-4-2-1-3-5-14)23-16-15-12-21-25(17(15)20-13-19-16)7-6-24-8-10-27-11-9-24/h12-14H,1-11H2,(H2,19,20,22,23,26). The molecule has 0 aromatic carbocycles. The van der Waals surface area contributed by atoms with Crippen LogP contribution in [0, 0.1) is 0 Å². The number of hydrogen-bond acceptors (Lipinski definition) is 6. The Balaban J connectivity index is 1.39. The van der Waals surface area contributed by atoms with Gasteiger partial charge in [0.1, 0.15) is 12.1 Å². The number of urea groups is 1. The van der Waals surface area contributed by atoms with Crippen molar-refractivity contribution in [3.8, 4) is 0 Å². The summed E-state index contributed by atoms with van der Waals surface area (Å²) < 4.78 is 7.25. The predicted octanol–water partition coefficient (Wildman–Crippen LogP) is 1.61. The molecule has 0 radical (unpaired) electrons. The van der Waals surface area contributed by atoms with Gasteiger partial charge in [-0.15, -0.1) is 0 Å². The second kappa shape index (κ2) is 8.62. The molecular formula is C18H27N7O2. The van der Waals surface area contributed by atoms with Crippen molar-refractivity contribution < 1.29 is 9.53 Å². The molecule has 9 heteroatoms. The van der Waals surface area contributed by atoms with Gasteiger partial charge in [-0.05, 0) is 12.8 Å². The molecule has 1 aliphatic carbocycles. The maximum absolute atomic E-state index is 12.3. The molecule has 1 saturated carbocycles. The number of morpholine rings is 1. The number of nitrogens with zero attached hydrogens (tertiary/aromatic N) is 5. The topological polar surface area (TPSA) is 97.2 Å². The van der Waals surface area contributed by atoms with Gasteiger partial charge in [0.25, 0.3) is 0 Å². The number of carbonyl (C=O) groups is 1. The molecular weight excluding hydrogens is 346 g/mol. The van der Waals surface area contributed by atoms with Crippen LogP contribution in [0.3, 0.4) is 0 Å². The van der Waals surface area contributed by atoms with Gasteiger partial charge in [0, 0.05) is 25.7 Å². The molecule has 2 aliphatic rings. The fraction of sp³-hybridized carbons (Fsp3) is 0.667. The Bertz CT molecular complexity index is 766. The summed E-state index contributed by atoms with van der Waals surface area (Å²) in [4.78, 5) is 23.3. The highest BCUT2D eigenvalue weighted by Crippen LogP contribution is 2.20. The number of nitrogens with one attached hydrogen (secondary N) is 2. The Hall–Kier alpha value is -2.26. The highest BCUT2D eigenvalue weighted by molar-refractivity contribution is 5.97. The maximum atomic E-state index is 12.3. The summed E-state index contributed by atoms with van der Waals surface area (Å²) in [6.07, 6.45) is 8.92. The second-order valence-electron chi connectivity index (χ2n) is 7.21. The third-order valence-electron chi connectivity index (χ3n) is 5.34. The summed E-state index contributed by atoms with van der Waals surface area (Å²) >= 11 is 0. The number of fused-ring (bicyclic) bond motifs is 1. The van der Waals surface area contributed by atoms with Crippen LogP contribution >= 0.6 is 0 Å². The summed E-state index contributed by atoms with van der Waals surface area (Å²) in [6.45, 7) is 5.10. The van der Waals surface area contributed by atoms with Gasteiger partial charge in [-0.1, -0.05) is 19.3 Å². The number of carbonyl (C=O) groups excluding carboxylic acids is 1. The second-order valence-corrected chi connectivity index (χ2v) is 7.21. The Morgan fingerprint density at radius 3 is 2.78 bits per heavy atom. The zero-order valence-electron chi connectivity index (χ0n) is 15.6. The first-order valence-corrected chi connectivity index (χ1v) is 9.84. The Morgan fingerprint density at radius 2 is 1.96 bits per heavy atom. The van der Waals surface area contributed by atoms with E-state index in [1.807, 2.05) is 4.68 Å². The van der Waals surface area contributed by atoms with E-state index < -0.39 is 0 Å². The number of aromatic nitrogens is 4. The first-order valence-electron chi connectivity index (χ1n) is 9.84. The van der Waals surface area contributed by atoms with Gasteiger partial charge in [-0.2, -0.15) is 5.10 Å². The molecule has 2 fully saturated rings. The molecule has 9 nitrogen and oxygen atoms in total. The fourth-order valence-corrected chi connectivity index (χ4v) is 3.79. The van der Waals surface area contributed by atoms with Crippen LogP contribution in [0.4, 0.5) is 10.6 Å². The van der Waals surface area contributed by atoms with E-state index in [1.54, 1.807) is 6.20 Å². The molecule has 2 aromatic rings. The van der Waals surface area contributed by atoms with Crippen LogP contribution < -0.4 is 10.6 Å². The minimum Gasteiger partial charge on any atom is -0.379 e. The summed E-state index contributed by atoms with van der Waals surface area (Å²) in [5.74, 6) is 0.505. The molecule has 0 bridgehead atoms. The smallest absolute Gasteiger partial charge is 0.320 e. The van der Waals surface area contributed by atoms with Crippen LogP contribution in [0.1, 0.15) is 32.1 Å². The quantitative estimate of drug-likeness (QED) is 0.826. The van der Waals surface area contributed by atoms with Gasteiger partial charge in [0.05, 0.1) is 31.3 Å². The average molecular weight is 373 g/mol. The largest absolute Gasteiger partial charge is 0.379 e. The van der Waals surface area contributed by atoms with E-state index in [2.05, 4.69) is 30.6 Å². The molecule has 0 unspecified atom stereocenters. The van der Waals surface area contributed by atoms with Crippen molar-refractivity contribution in [3.05, 3.63) is 12.5 Å². The first kappa shape index (κ1) is 18.1. The van der Waals surface area contributed by atoms with Crippen LogP contribution in [0.2, 0.25) is 0 Å². The van der Waals surface area contributed by atoms with Crippen molar-refractivity contribution in [3.63, 3.8) is 0 Å². The van der Waals surface area contributed by atoms with E-state index >= 15 is 0 Å². The molecule has 3 heterocycles. The van der Waals surface area contributed by atoms with Crippen molar-refractivity contribution in [1.29, 1.82) is 0 Å². The van der Waals surface area contributed by atoms with E-state index in [1.165, 1.54) is 25.6 Å². The van der Waals surface area contributed by atoms with Gasteiger partial charge in [-0.3, -0.25) is 10.2 Å². The summed E-state index contributed by atoms with van der Waals surface area (Å²) in [6, 6.07) is 0.0512. The van der Waals surface area contributed by atoms with Crippen LogP contribution in [0.15, 0.2) is 12.5 Å². The van der Waals surface area contributed by atoms with Crippen LogP contribution in [-0.2, 0) is 11.3 Å². The van der Waals surface area contributed by atoms with Gasteiger partial charge >= 0.3 is 6.03 Å². The van der Waals surface area contributed by atoms with Crippen LogP contribution in [0.25, 0.3) is 11.0 Å². The Kier molecular flexibility index (Phi) is 5.78. The van der Waals surface area contributed by atoms with Crippen molar-refractivity contribution in [1.82, 2.24) is 30.0 Å². The van der Waals surface area contributed by atoms with E-state index in [4.69, 9.17) is 4.74 Å². The van der Waals surface area contributed by atoms with E-state index in [0.717, 1.165) is 63.3 Å². The monoisotopic (exact) mass is 373 g/mol. The van der Waals surface area contributed by atoms with E-state index in [9.17, 15) is 4.79 Å². The lowest BCUT2D eigenvalue weighted by atomic mass is 9.96. The van der Waals surface area contributed by atoms with Crippen LogP contribution in [-0.4, -0.2) is 69.6 Å². The fourth-order valence-electron chi connectivity index (χ4n) is 3.79. The summed E-state index contributed by atoms with van der Waals surface area (Å²) in [7, 11) is 0. The molecule has 1 aliphatic heterocycles. The van der Waals surface area contributed by atoms with Crippen molar-refractivity contribution in [2.75, 3.05) is 38.2 Å². The molecule has 4 rings (SSSR count). The highest BCUT2D eigenvalue weighted by atomic mass is 16.5. The number of hydrogen-bond donors (Lipinski definition) is 2.